The number of piperidine rings is 1. The van der Waals surface area contributed by atoms with E-state index in [1.165, 1.54) is 12.8 Å². The van der Waals surface area contributed by atoms with Gasteiger partial charge in [0, 0.05) is 18.2 Å². The number of benzene rings is 1. The van der Waals surface area contributed by atoms with E-state index >= 15 is 0 Å². The molecule has 0 aromatic heterocycles. The number of phenols is 1. The highest BCUT2D eigenvalue weighted by atomic mass is 16.5. The van der Waals surface area contributed by atoms with E-state index in [0.717, 1.165) is 43.0 Å². The molecule has 4 atom stereocenters. The first kappa shape index (κ1) is 15.3. The number of nitrogens with zero attached hydrogens (tertiary/aromatic N) is 2. The number of hydrogen-bond donors (Lipinski definition) is 3. The molecule has 1 spiro atoms. The van der Waals surface area contributed by atoms with Crippen LogP contribution in [0.2, 0.25) is 0 Å². The second-order valence-electron chi connectivity index (χ2n) is 8.84. The Morgan fingerprint density at radius 3 is 2.88 bits per heavy atom. The maximum atomic E-state index is 12.1. The van der Waals surface area contributed by atoms with Crippen molar-refractivity contribution in [1.82, 2.24) is 4.90 Å². The third-order valence-corrected chi connectivity index (χ3v) is 7.71. The van der Waals surface area contributed by atoms with Gasteiger partial charge < -0.3 is 20.2 Å². The molecule has 1 unspecified atom stereocenters. The first-order valence-electron chi connectivity index (χ1n) is 9.78. The smallest absolute Gasteiger partial charge is 0.166 e. The van der Waals surface area contributed by atoms with Gasteiger partial charge in [-0.1, -0.05) is 11.2 Å². The van der Waals surface area contributed by atoms with Crippen LogP contribution in [-0.2, 0) is 11.8 Å². The van der Waals surface area contributed by atoms with Gasteiger partial charge in [0.25, 0.3) is 0 Å². The van der Waals surface area contributed by atoms with Gasteiger partial charge >= 0.3 is 0 Å². The fourth-order valence-corrected chi connectivity index (χ4v) is 6.38. The van der Waals surface area contributed by atoms with Gasteiger partial charge in [0.15, 0.2) is 17.6 Å². The van der Waals surface area contributed by atoms with Crippen molar-refractivity contribution in [3.63, 3.8) is 0 Å². The number of ether oxygens (including phenoxy) is 1. The summed E-state index contributed by atoms with van der Waals surface area (Å²) in [5, 5.41) is 35.6. The molecule has 3 aliphatic carbocycles. The molecule has 138 valence electrons. The largest absolute Gasteiger partial charge is 0.504 e. The number of aromatic hydroxyl groups is 1. The fourth-order valence-electron chi connectivity index (χ4n) is 6.38. The molecule has 0 radical (unpaired) electrons. The summed E-state index contributed by atoms with van der Waals surface area (Å²) in [4.78, 5) is 2.49. The maximum Gasteiger partial charge on any atom is 0.166 e. The predicted octanol–water partition coefficient (Wildman–Crippen LogP) is 1.79. The molecule has 3 N–H and O–H groups in total. The minimum Gasteiger partial charge on any atom is -0.504 e. The Kier molecular flexibility index (Phi) is 2.78. The maximum absolute atomic E-state index is 12.1. The molecule has 26 heavy (non-hydrogen) atoms. The highest BCUT2D eigenvalue weighted by Gasteiger charge is 2.72. The number of phenolic OH excluding ortho intramolecular Hbond substituents is 1. The summed E-state index contributed by atoms with van der Waals surface area (Å²) in [6.07, 6.45) is 4.77. The van der Waals surface area contributed by atoms with E-state index in [1.54, 1.807) is 6.07 Å². The first-order chi connectivity index (χ1) is 12.6. The lowest BCUT2D eigenvalue weighted by molar-refractivity contribution is -0.167. The zero-order valence-electron chi connectivity index (χ0n) is 14.7. The molecular formula is C20H24N2O4. The van der Waals surface area contributed by atoms with Gasteiger partial charge in [-0.3, -0.25) is 4.90 Å². The third-order valence-electron chi connectivity index (χ3n) is 7.71. The van der Waals surface area contributed by atoms with E-state index < -0.39 is 17.1 Å². The second-order valence-corrected chi connectivity index (χ2v) is 8.84. The molecule has 2 saturated carbocycles. The van der Waals surface area contributed by atoms with Gasteiger partial charge in [0.05, 0.1) is 16.7 Å². The van der Waals surface area contributed by atoms with Crippen LogP contribution >= 0.6 is 0 Å². The van der Waals surface area contributed by atoms with E-state index in [4.69, 9.17) is 4.74 Å². The predicted molar refractivity (Wildman–Crippen MR) is 94.0 cm³/mol. The molecule has 0 amide bonds. The van der Waals surface area contributed by atoms with Gasteiger partial charge in [0.1, 0.15) is 0 Å². The Morgan fingerprint density at radius 1 is 1.27 bits per heavy atom. The molecule has 5 aliphatic rings. The van der Waals surface area contributed by atoms with Crippen molar-refractivity contribution in [1.29, 1.82) is 0 Å². The summed E-state index contributed by atoms with van der Waals surface area (Å²) < 4.78 is 6.19. The van der Waals surface area contributed by atoms with Crippen molar-refractivity contribution in [2.75, 3.05) is 13.1 Å². The minimum atomic E-state index is -0.912. The molecule has 1 aromatic rings. The topological polar surface area (TPSA) is 85.5 Å². The normalized spacial score (nSPS) is 41.8. The zero-order chi connectivity index (χ0) is 17.7. The van der Waals surface area contributed by atoms with Crippen molar-refractivity contribution in [3.05, 3.63) is 23.3 Å². The van der Waals surface area contributed by atoms with Crippen LogP contribution in [0.15, 0.2) is 17.3 Å². The van der Waals surface area contributed by atoms with Gasteiger partial charge in [-0.25, -0.2) is 0 Å². The molecule has 1 saturated heterocycles. The number of oxime groups is 1. The summed E-state index contributed by atoms with van der Waals surface area (Å²) in [6, 6.07) is 3.74. The third kappa shape index (κ3) is 1.59. The van der Waals surface area contributed by atoms with E-state index in [9.17, 15) is 15.4 Å². The Hall–Kier alpha value is -1.79. The number of aliphatic hydroxyl groups is 1. The van der Waals surface area contributed by atoms with Gasteiger partial charge in [0.2, 0.25) is 0 Å². The van der Waals surface area contributed by atoms with Crippen LogP contribution in [0.5, 0.6) is 11.5 Å². The highest BCUT2D eigenvalue weighted by molar-refractivity contribution is 5.94. The monoisotopic (exact) mass is 356 g/mol. The molecule has 2 bridgehead atoms. The molecule has 6 heteroatoms. The van der Waals surface area contributed by atoms with E-state index in [-0.39, 0.29) is 11.8 Å². The minimum absolute atomic E-state index is 0.0613. The number of likely N-dealkylation sites (tertiary alicyclic amines) is 1. The van der Waals surface area contributed by atoms with Crippen molar-refractivity contribution in [2.24, 2.45) is 11.1 Å². The van der Waals surface area contributed by atoms with Gasteiger partial charge in [-0.05, 0) is 62.6 Å². The fraction of sp³-hybridized carbons (Fsp3) is 0.650. The van der Waals surface area contributed by atoms with Crippen molar-refractivity contribution in [2.45, 2.75) is 61.7 Å². The molecule has 3 fully saturated rings. The van der Waals surface area contributed by atoms with Crippen LogP contribution in [0.3, 0.4) is 0 Å². The lowest BCUT2D eigenvalue weighted by atomic mass is 9.49. The number of hydrogen-bond acceptors (Lipinski definition) is 6. The zero-order valence-corrected chi connectivity index (χ0v) is 14.7. The Morgan fingerprint density at radius 2 is 2.12 bits per heavy atom. The van der Waals surface area contributed by atoms with Gasteiger partial charge in [-0.15, -0.1) is 0 Å². The SMILES string of the molecule is O/N=C1\CC[C@@]2(O)[C@H]3Cc4ccc(O)c5c4C2(CCN3CC2CC2)[C@H]1O5. The van der Waals surface area contributed by atoms with Crippen molar-refractivity contribution >= 4 is 5.71 Å². The molecule has 6 rings (SSSR count). The molecule has 6 nitrogen and oxygen atoms in total. The second kappa shape index (κ2) is 4.73. The summed E-state index contributed by atoms with van der Waals surface area (Å²) in [5.74, 6) is 1.38. The molecule has 1 aromatic carbocycles. The summed E-state index contributed by atoms with van der Waals surface area (Å²) in [6.45, 7) is 1.98. The van der Waals surface area contributed by atoms with Crippen LogP contribution in [0.4, 0.5) is 0 Å². The average Bonchev–Trinajstić information content (AvgIpc) is 3.37. The Labute approximate surface area is 152 Å². The molecule has 2 heterocycles. The summed E-state index contributed by atoms with van der Waals surface area (Å²) in [7, 11) is 0. The van der Waals surface area contributed by atoms with Gasteiger partial charge in [-0.2, -0.15) is 0 Å². The highest BCUT2D eigenvalue weighted by Crippen LogP contribution is 2.65. The van der Waals surface area contributed by atoms with Crippen LogP contribution in [-0.4, -0.2) is 56.9 Å². The standard InChI is InChI=1S/C20H24N2O4/c23-14-4-3-12-9-15-20(24)6-5-13(21-25)18-19(20,16(12)17(14)26-18)7-8-22(15)10-11-1-2-11/h3-4,11,15,18,23-25H,1-2,5-10H2/b21-13+/t15-,18+,19?,20-/m1/s1. The molecule has 2 aliphatic heterocycles. The quantitative estimate of drug-likeness (QED) is 0.556. The first-order valence-corrected chi connectivity index (χ1v) is 9.78. The summed E-state index contributed by atoms with van der Waals surface area (Å²) >= 11 is 0. The Bertz CT molecular complexity index is 835. The van der Waals surface area contributed by atoms with Crippen LogP contribution in [0.25, 0.3) is 0 Å². The van der Waals surface area contributed by atoms with Crippen LogP contribution in [0.1, 0.15) is 43.2 Å². The Balaban J connectivity index is 1.58. The average molecular weight is 356 g/mol. The van der Waals surface area contributed by atoms with Crippen LogP contribution < -0.4 is 4.74 Å². The van der Waals surface area contributed by atoms with E-state index in [1.807, 2.05) is 6.07 Å². The molecular weight excluding hydrogens is 332 g/mol. The lowest BCUT2D eigenvalue weighted by Gasteiger charge is -2.63. The van der Waals surface area contributed by atoms with Crippen LogP contribution in [0, 0.1) is 5.92 Å². The summed E-state index contributed by atoms with van der Waals surface area (Å²) in [5.41, 5.74) is 1.19. The lowest BCUT2D eigenvalue weighted by Crippen LogP contribution is -2.76. The van der Waals surface area contributed by atoms with E-state index in [0.29, 0.717) is 24.3 Å². The number of rotatable bonds is 2. The van der Waals surface area contributed by atoms with Crippen molar-refractivity contribution in [3.8, 4) is 11.5 Å². The van der Waals surface area contributed by atoms with E-state index in [2.05, 4.69) is 10.1 Å². The van der Waals surface area contributed by atoms with Crippen molar-refractivity contribution < 1.29 is 20.2 Å².